The number of carbonyl (C=O) groups excluding carboxylic acids is 2. The molecule has 210 valence electrons. The molecule has 0 aliphatic carbocycles. The fraction of sp³-hybridized carbons (Fsp3) is 0.379. The molecule has 2 amide bonds. The van der Waals surface area contributed by atoms with Crippen LogP contribution in [-0.4, -0.2) is 70.4 Å². The van der Waals surface area contributed by atoms with Crippen LogP contribution in [0.5, 0.6) is 0 Å². The van der Waals surface area contributed by atoms with E-state index in [-0.39, 0.29) is 29.7 Å². The van der Waals surface area contributed by atoms with Crippen LogP contribution in [0.15, 0.2) is 46.6 Å². The second-order valence-corrected chi connectivity index (χ2v) is 11.4. The number of carbonyl (C=O) groups is 2. The summed E-state index contributed by atoms with van der Waals surface area (Å²) in [6.45, 7) is 10.8. The van der Waals surface area contributed by atoms with Gasteiger partial charge in [-0.2, -0.15) is 4.98 Å². The first-order valence-electron chi connectivity index (χ1n) is 13.1. The summed E-state index contributed by atoms with van der Waals surface area (Å²) in [5, 5.41) is 0.783. The van der Waals surface area contributed by atoms with E-state index < -0.39 is 17.4 Å². The molecule has 0 radical (unpaired) electrons. The van der Waals surface area contributed by atoms with Gasteiger partial charge in [0.25, 0.3) is 0 Å². The van der Waals surface area contributed by atoms with Crippen molar-refractivity contribution in [3.8, 4) is 11.1 Å². The van der Waals surface area contributed by atoms with Gasteiger partial charge in [-0.3, -0.25) is 14.2 Å². The van der Waals surface area contributed by atoms with Gasteiger partial charge in [0.15, 0.2) is 0 Å². The van der Waals surface area contributed by atoms with Crippen LogP contribution in [0, 0.1) is 12.7 Å². The van der Waals surface area contributed by atoms with Crippen LogP contribution in [0.25, 0.3) is 22.0 Å². The lowest BCUT2D eigenvalue weighted by atomic mass is 9.93. The van der Waals surface area contributed by atoms with E-state index in [2.05, 4.69) is 16.5 Å². The summed E-state index contributed by atoms with van der Waals surface area (Å²) in [6.07, 6.45) is 1.07. The molecule has 0 spiro atoms. The van der Waals surface area contributed by atoms with Crippen molar-refractivity contribution in [2.75, 3.05) is 30.9 Å². The zero-order valence-electron chi connectivity index (χ0n) is 22.9. The van der Waals surface area contributed by atoms with E-state index in [0.717, 1.165) is 27.5 Å². The molecule has 9 nitrogen and oxygen atoms in total. The van der Waals surface area contributed by atoms with Crippen LogP contribution >= 0.6 is 11.8 Å². The molecule has 2 aliphatic heterocycles. The molecule has 1 saturated heterocycles. The highest BCUT2D eigenvalue weighted by molar-refractivity contribution is 7.99. The van der Waals surface area contributed by atoms with Crippen molar-refractivity contribution in [3.63, 3.8) is 0 Å². The van der Waals surface area contributed by atoms with Crippen molar-refractivity contribution in [2.24, 2.45) is 5.73 Å². The first kappa shape index (κ1) is 27.9. The number of ether oxygens (including phenoxy) is 1. The van der Waals surface area contributed by atoms with Crippen LogP contribution in [0.2, 0.25) is 0 Å². The maximum atomic E-state index is 14.2. The quantitative estimate of drug-likeness (QED) is 0.473. The van der Waals surface area contributed by atoms with Gasteiger partial charge in [0, 0.05) is 59.4 Å². The number of nitrogens with zero attached hydrogens (tertiary/aromatic N) is 4. The maximum absolute atomic E-state index is 14.2. The Morgan fingerprint density at radius 3 is 2.52 bits per heavy atom. The average Bonchev–Trinajstić information content (AvgIpc) is 3.11. The summed E-state index contributed by atoms with van der Waals surface area (Å²) in [4.78, 5) is 47.7. The molecule has 3 atom stereocenters. The number of halogens is 1. The van der Waals surface area contributed by atoms with Gasteiger partial charge >= 0.3 is 5.69 Å². The smallest absolute Gasteiger partial charge is 0.350 e. The second-order valence-electron chi connectivity index (χ2n) is 10.4. The molecule has 3 aromatic rings. The Morgan fingerprint density at radius 1 is 1.20 bits per heavy atom. The van der Waals surface area contributed by atoms with E-state index in [1.165, 1.54) is 23.9 Å². The highest BCUT2D eigenvalue weighted by Gasteiger charge is 2.35. The zero-order chi connectivity index (χ0) is 28.9. The molecule has 0 saturated carbocycles. The first-order valence-corrected chi connectivity index (χ1v) is 14.1. The third-order valence-electron chi connectivity index (χ3n) is 7.69. The minimum Gasteiger partial charge on any atom is -0.379 e. The van der Waals surface area contributed by atoms with Crippen molar-refractivity contribution in [2.45, 2.75) is 50.4 Å². The van der Waals surface area contributed by atoms with E-state index in [4.69, 9.17) is 10.5 Å². The van der Waals surface area contributed by atoms with E-state index in [1.54, 1.807) is 22.6 Å². The standard InChI is InChI=1S/C29H32FN5O4S/c1-6-23(36)35-16(3)11-33(12-17(35)4)28-22-9-15(2)24(20-8-7-18(30)10-21(20)27(31)37)26-25(22)34(29(38)32-28)13-19(39-5)14-40-26/h6-10,16-17,19H,1,11-14H2,2-5H3,(H2,31,37)/t16-,17+,19-/m0/s1. The van der Waals surface area contributed by atoms with Gasteiger partial charge in [-0.05, 0) is 56.2 Å². The van der Waals surface area contributed by atoms with Gasteiger partial charge in [-0.15, -0.1) is 11.8 Å². The second kappa shape index (κ2) is 10.7. The Balaban J connectivity index is 1.77. The highest BCUT2D eigenvalue weighted by Crippen LogP contribution is 2.44. The van der Waals surface area contributed by atoms with Gasteiger partial charge in [0.1, 0.15) is 11.6 Å². The number of methoxy groups -OCH3 is 1. The molecule has 0 bridgehead atoms. The van der Waals surface area contributed by atoms with Crippen molar-refractivity contribution in [1.82, 2.24) is 14.5 Å². The molecule has 2 aromatic carbocycles. The van der Waals surface area contributed by atoms with Crippen molar-refractivity contribution in [1.29, 1.82) is 0 Å². The SMILES string of the molecule is C=CC(=O)N1[C@H](C)CN(c2nc(=O)n3c4c(c(-c5ccc(F)cc5C(N)=O)c(C)cc24)SC[C@@H](OC)C3)C[C@@H]1C. The highest BCUT2D eigenvalue weighted by atomic mass is 32.2. The van der Waals surface area contributed by atoms with E-state index in [0.29, 0.717) is 42.3 Å². The van der Waals surface area contributed by atoms with Crippen LogP contribution < -0.4 is 16.3 Å². The Labute approximate surface area is 235 Å². The molecule has 2 aliphatic rings. The molecule has 1 aromatic heterocycles. The number of anilines is 1. The lowest BCUT2D eigenvalue weighted by Gasteiger charge is -2.44. The molecule has 11 heteroatoms. The summed E-state index contributed by atoms with van der Waals surface area (Å²) in [5.41, 5.74) is 8.06. The van der Waals surface area contributed by atoms with Gasteiger partial charge in [0.05, 0.1) is 18.2 Å². The summed E-state index contributed by atoms with van der Waals surface area (Å²) < 4.78 is 21.5. The number of amides is 2. The molecule has 2 N–H and O–H groups in total. The minimum atomic E-state index is -0.739. The Morgan fingerprint density at radius 2 is 1.90 bits per heavy atom. The summed E-state index contributed by atoms with van der Waals surface area (Å²) >= 11 is 1.53. The van der Waals surface area contributed by atoms with E-state index in [9.17, 15) is 18.8 Å². The van der Waals surface area contributed by atoms with Gasteiger partial charge in [-0.1, -0.05) is 12.6 Å². The number of benzene rings is 2. The first-order chi connectivity index (χ1) is 19.0. The molecule has 0 unspecified atom stereocenters. The number of thioether (sulfide) groups is 1. The number of piperazine rings is 1. The van der Waals surface area contributed by atoms with E-state index >= 15 is 0 Å². The predicted octanol–water partition coefficient (Wildman–Crippen LogP) is 3.34. The van der Waals surface area contributed by atoms with E-state index in [1.807, 2.05) is 26.8 Å². The number of primary amides is 1. The lowest BCUT2D eigenvalue weighted by molar-refractivity contribution is -0.130. The molecule has 5 rings (SSSR count). The summed E-state index contributed by atoms with van der Waals surface area (Å²) in [7, 11) is 1.61. The number of aryl methyl sites for hydroxylation is 1. The van der Waals surface area contributed by atoms with Crippen LogP contribution in [0.4, 0.5) is 10.2 Å². The summed E-state index contributed by atoms with van der Waals surface area (Å²) in [5.74, 6) is -0.329. The van der Waals surface area contributed by atoms with Crippen molar-refractivity contribution >= 4 is 40.3 Å². The Bertz CT molecular complexity index is 1590. The Hall–Kier alpha value is -3.70. The zero-order valence-corrected chi connectivity index (χ0v) is 23.8. The number of hydrogen-bond acceptors (Lipinski definition) is 7. The molecule has 40 heavy (non-hydrogen) atoms. The fourth-order valence-corrected chi connectivity index (χ4v) is 7.32. The van der Waals surface area contributed by atoms with Crippen molar-refractivity contribution in [3.05, 3.63) is 64.3 Å². The maximum Gasteiger partial charge on any atom is 0.350 e. The van der Waals surface area contributed by atoms with Crippen molar-refractivity contribution < 1.29 is 18.7 Å². The largest absolute Gasteiger partial charge is 0.379 e. The fourth-order valence-electron chi connectivity index (χ4n) is 5.96. The lowest BCUT2D eigenvalue weighted by Crippen LogP contribution is -2.58. The van der Waals surface area contributed by atoms with Crippen LogP contribution in [0.1, 0.15) is 29.8 Å². The summed E-state index contributed by atoms with van der Waals surface area (Å²) in [6, 6.07) is 5.70. The van der Waals surface area contributed by atoms with Gasteiger partial charge in [0.2, 0.25) is 11.8 Å². The normalized spacial score (nSPS) is 20.9. The van der Waals surface area contributed by atoms with Crippen LogP contribution in [-0.2, 0) is 16.1 Å². The molecule has 1 fully saturated rings. The van der Waals surface area contributed by atoms with Gasteiger partial charge < -0.3 is 20.3 Å². The van der Waals surface area contributed by atoms with Gasteiger partial charge in [-0.25, -0.2) is 9.18 Å². The van der Waals surface area contributed by atoms with Crippen LogP contribution in [0.3, 0.4) is 0 Å². The monoisotopic (exact) mass is 565 g/mol. The number of nitrogens with two attached hydrogens (primary N) is 1. The average molecular weight is 566 g/mol. The topological polar surface area (TPSA) is 111 Å². The minimum absolute atomic E-state index is 0.0701. The predicted molar refractivity (Wildman–Crippen MR) is 154 cm³/mol. The number of aromatic nitrogens is 2. The Kier molecular flexibility index (Phi) is 7.45. The molecule has 3 heterocycles. The molecular weight excluding hydrogens is 533 g/mol. The third-order valence-corrected chi connectivity index (χ3v) is 8.92. The number of rotatable bonds is 5. The third kappa shape index (κ3) is 4.66. The number of hydrogen-bond donors (Lipinski definition) is 1. The molecular formula is C29H32FN5O4S.